The number of nitro benzene ring substituents is 1. The number of aryl methyl sites for hydroxylation is 1. The van der Waals surface area contributed by atoms with Crippen molar-refractivity contribution >= 4 is 11.6 Å². The second-order valence-electron chi connectivity index (χ2n) is 6.72. The summed E-state index contributed by atoms with van der Waals surface area (Å²) >= 11 is 0. The largest absolute Gasteiger partial charge is 0.435 e. The van der Waals surface area contributed by atoms with Crippen LogP contribution in [0, 0.1) is 17.0 Å². The van der Waals surface area contributed by atoms with Crippen LogP contribution >= 0.6 is 0 Å². The second kappa shape index (κ2) is 7.61. The third-order valence-corrected chi connectivity index (χ3v) is 4.80. The normalized spacial score (nSPS) is 13.9. The number of alkyl halides is 3. The number of hydrogen-bond acceptors (Lipinski definition) is 4. The highest BCUT2D eigenvalue weighted by Crippen LogP contribution is 2.35. The molecule has 0 unspecified atom stereocenters. The minimum Gasteiger partial charge on any atom is -0.350 e. The van der Waals surface area contributed by atoms with Gasteiger partial charge in [0.25, 0.3) is 11.6 Å². The standard InChI is InChI=1S/C18H19F3N4O3/c1-11-6-7-12(10-15(11)25(27)28)17(26)22-8-9-24-14-5-3-2-4-13(14)16(23-24)18(19,20)21/h6-7,10H,2-5,8-9H2,1H3,(H,22,26). The van der Waals surface area contributed by atoms with Crippen LogP contribution < -0.4 is 5.32 Å². The van der Waals surface area contributed by atoms with E-state index in [9.17, 15) is 28.1 Å². The number of aromatic nitrogens is 2. The van der Waals surface area contributed by atoms with E-state index in [-0.39, 0.29) is 29.9 Å². The van der Waals surface area contributed by atoms with Crippen LogP contribution in [0.2, 0.25) is 0 Å². The van der Waals surface area contributed by atoms with Crippen LogP contribution in [0.25, 0.3) is 0 Å². The van der Waals surface area contributed by atoms with E-state index in [4.69, 9.17) is 0 Å². The Morgan fingerprint density at radius 1 is 1.32 bits per heavy atom. The molecule has 1 heterocycles. The van der Waals surface area contributed by atoms with Gasteiger partial charge in [0, 0.05) is 35.0 Å². The first-order chi connectivity index (χ1) is 13.2. The predicted octanol–water partition coefficient (Wildman–Crippen LogP) is 3.43. The molecule has 1 aromatic carbocycles. The van der Waals surface area contributed by atoms with Gasteiger partial charge >= 0.3 is 6.18 Å². The van der Waals surface area contributed by atoms with Crippen LogP contribution in [0.1, 0.15) is 45.7 Å². The summed E-state index contributed by atoms with van der Waals surface area (Å²) in [5.74, 6) is -0.528. The fourth-order valence-corrected chi connectivity index (χ4v) is 3.41. The number of halogens is 3. The number of hydrogen-bond donors (Lipinski definition) is 1. The first kappa shape index (κ1) is 19.8. The second-order valence-corrected chi connectivity index (χ2v) is 6.72. The molecule has 0 saturated carbocycles. The molecule has 0 fully saturated rings. The number of fused-ring (bicyclic) bond motifs is 1. The maximum Gasteiger partial charge on any atom is 0.435 e. The van der Waals surface area contributed by atoms with Crippen LogP contribution in [0.3, 0.4) is 0 Å². The molecule has 1 N–H and O–H groups in total. The number of rotatable bonds is 5. The summed E-state index contributed by atoms with van der Waals surface area (Å²) in [5.41, 5.74) is 0.365. The third kappa shape index (κ3) is 4.00. The third-order valence-electron chi connectivity index (χ3n) is 4.80. The van der Waals surface area contributed by atoms with E-state index in [0.29, 0.717) is 30.5 Å². The minimum atomic E-state index is -4.50. The lowest BCUT2D eigenvalue weighted by Crippen LogP contribution is -2.28. The zero-order valence-electron chi connectivity index (χ0n) is 15.2. The lowest BCUT2D eigenvalue weighted by Gasteiger charge is -2.15. The van der Waals surface area contributed by atoms with Gasteiger partial charge in [0.1, 0.15) is 0 Å². The van der Waals surface area contributed by atoms with Gasteiger partial charge < -0.3 is 5.32 Å². The predicted molar refractivity (Wildman–Crippen MR) is 94.0 cm³/mol. The van der Waals surface area contributed by atoms with Gasteiger partial charge in [-0.2, -0.15) is 18.3 Å². The molecule has 1 aliphatic carbocycles. The van der Waals surface area contributed by atoms with Gasteiger partial charge in [-0.05, 0) is 38.7 Å². The van der Waals surface area contributed by atoms with E-state index in [1.165, 1.54) is 22.9 Å². The average molecular weight is 396 g/mol. The molecule has 0 radical (unpaired) electrons. The molecule has 28 heavy (non-hydrogen) atoms. The number of benzene rings is 1. The first-order valence-electron chi connectivity index (χ1n) is 8.87. The van der Waals surface area contributed by atoms with Crippen molar-refractivity contribution in [3.8, 4) is 0 Å². The van der Waals surface area contributed by atoms with Gasteiger partial charge in [0.2, 0.25) is 0 Å². The van der Waals surface area contributed by atoms with Crippen LogP contribution in [0.5, 0.6) is 0 Å². The minimum absolute atomic E-state index is 0.0614. The summed E-state index contributed by atoms with van der Waals surface area (Å²) in [6, 6.07) is 4.13. The van der Waals surface area contributed by atoms with Gasteiger partial charge in [-0.25, -0.2) is 0 Å². The Hall–Kier alpha value is -2.91. The Morgan fingerprint density at radius 3 is 2.71 bits per heavy atom. The number of carbonyl (C=O) groups excluding carboxylic acids is 1. The molecule has 2 aromatic rings. The molecule has 150 valence electrons. The Kier molecular flexibility index (Phi) is 5.39. The highest BCUT2D eigenvalue weighted by molar-refractivity contribution is 5.94. The van der Waals surface area contributed by atoms with E-state index in [1.54, 1.807) is 6.92 Å². The summed E-state index contributed by atoms with van der Waals surface area (Å²) in [7, 11) is 0. The summed E-state index contributed by atoms with van der Waals surface area (Å²) in [6.45, 7) is 1.73. The van der Waals surface area contributed by atoms with E-state index in [0.717, 1.165) is 6.42 Å². The van der Waals surface area contributed by atoms with Gasteiger partial charge in [-0.3, -0.25) is 19.6 Å². The molecule has 0 bridgehead atoms. The molecule has 1 amide bonds. The number of carbonyl (C=O) groups is 1. The first-order valence-corrected chi connectivity index (χ1v) is 8.87. The van der Waals surface area contributed by atoms with Gasteiger partial charge in [-0.15, -0.1) is 0 Å². The Morgan fingerprint density at radius 2 is 2.04 bits per heavy atom. The number of nitro groups is 1. The SMILES string of the molecule is Cc1ccc(C(=O)NCCn2nc(C(F)(F)F)c3c2CCCC3)cc1[N+](=O)[O-]. The lowest BCUT2D eigenvalue weighted by molar-refractivity contribution is -0.385. The van der Waals surface area contributed by atoms with E-state index < -0.39 is 22.7 Å². The van der Waals surface area contributed by atoms with Crippen molar-refractivity contribution in [1.29, 1.82) is 0 Å². The quantitative estimate of drug-likeness (QED) is 0.619. The Bertz CT molecular complexity index is 922. The zero-order chi connectivity index (χ0) is 20.5. The van der Waals surface area contributed by atoms with Crippen molar-refractivity contribution in [1.82, 2.24) is 15.1 Å². The monoisotopic (exact) mass is 396 g/mol. The molecule has 3 rings (SSSR count). The topological polar surface area (TPSA) is 90.1 Å². The highest BCUT2D eigenvalue weighted by atomic mass is 19.4. The highest BCUT2D eigenvalue weighted by Gasteiger charge is 2.39. The molecular formula is C18H19F3N4O3. The fourth-order valence-electron chi connectivity index (χ4n) is 3.41. The van der Waals surface area contributed by atoms with Gasteiger partial charge in [-0.1, -0.05) is 6.07 Å². The molecular weight excluding hydrogens is 377 g/mol. The maximum absolute atomic E-state index is 13.2. The van der Waals surface area contributed by atoms with Crippen LogP contribution in [0.15, 0.2) is 18.2 Å². The fraction of sp³-hybridized carbons (Fsp3) is 0.444. The molecule has 1 aromatic heterocycles. The summed E-state index contributed by atoms with van der Waals surface area (Å²) < 4.78 is 40.9. The molecule has 0 aliphatic heterocycles. The maximum atomic E-state index is 13.2. The van der Waals surface area contributed by atoms with E-state index in [2.05, 4.69) is 10.4 Å². The van der Waals surface area contributed by atoms with Gasteiger partial charge in [0.05, 0.1) is 11.5 Å². The van der Waals surface area contributed by atoms with Crippen LogP contribution in [-0.2, 0) is 25.6 Å². The Labute approximate surface area is 158 Å². The zero-order valence-corrected chi connectivity index (χ0v) is 15.2. The van der Waals surface area contributed by atoms with E-state index in [1.807, 2.05) is 0 Å². The van der Waals surface area contributed by atoms with E-state index >= 15 is 0 Å². The summed E-state index contributed by atoms with van der Waals surface area (Å²) in [4.78, 5) is 22.6. The molecule has 0 spiro atoms. The van der Waals surface area contributed by atoms with Gasteiger partial charge in [0.15, 0.2) is 5.69 Å². The van der Waals surface area contributed by atoms with Crippen molar-refractivity contribution in [3.05, 3.63) is 56.4 Å². The van der Waals surface area contributed by atoms with Crippen LogP contribution in [0.4, 0.5) is 18.9 Å². The van der Waals surface area contributed by atoms with Crippen molar-refractivity contribution in [3.63, 3.8) is 0 Å². The average Bonchev–Trinajstić information content (AvgIpc) is 3.01. The molecule has 0 atom stereocenters. The number of nitrogens with zero attached hydrogens (tertiary/aromatic N) is 3. The Balaban J connectivity index is 1.70. The smallest absolute Gasteiger partial charge is 0.350 e. The van der Waals surface area contributed by atoms with Crippen LogP contribution in [-0.4, -0.2) is 27.2 Å². The molecule has 1 aliphatic rings. The van der Waals surface area contributed by atoms with Crippen molar-refractivity contribution < 1.29 is 22.9 Å². The molecule has 0 saturated heterocycles. The van der Waals surface area contributed by atoms with Crippen molar-refractivity contribution in [2.75, 3.05) is 6.54 Å². The number of nitrogens with one attached hydrogen (secondary N) is 1. The van der Waals surface area contributed by atoms with Crippen molar-refractivity contribution in [2.45, 2.75) is 45.3 Å². The lowest BCUT2D eigenvalue weighted by atomic mass is 9.95. The summed E-state index contributed by atoms with van der Waals surface area (Å²) in [5, 5.41) is 17.3. The molecule has 7 nitrogen and oxygen atoms in total. The summed E-state index contributed by atoms with van der Waals surface area (Å²) in [6.07, 6.45) is -2.13. The van der Waals surface area contributed by atoms with Crippen molar-refractivity contribution in [2.24, 2.45) is 0 Å². The molecule has 10 heteroatoms. The number of amides is 1.